The van der Waals surface area contributed by atoms with E-state index in [4.69, 9.17) is 4.74 Å². The molecule has 0 radical (unpaired) electrons. The number of urea groups is 1. The van der Waals surface area contributed by atoms with E-state index in [9.17, 15) is 9.59 Å². The summed E-state index contributed by atoms with van der Waals surface area (Å²) in [5.41, 5.74) is 3.14. The minimum atomic E-state index is -0.324. The third-order valence-electron chi connectivity index (χ3n) is 4.65. The van der Waals surface area contributed by atoms with Crippen molar-refractivity contribution in [2.24, 2.45) is 0 Å². The smallest absolute Gasteiger partial charge is 0.319 e. The number of nitrogens with one attached hydrogen (secondary N) is 3. The average Bonchev–Trinajstić information content (AvgIpc) is 3.26. The van der Waals surface area contributed by atoms with Gasteiger partial charge in [0.2, 0.25) is 0 Å². The summed E-state index contributed by atoms with van der Waals surface area (Å²) in [5, 5.41) is 10.7. The largest absolute Gasteiger partial charge is 0.496 e. The Balaban J connectivity index is 1.47. The Labute approximate surface area is 185 Å². The summed E-state index contributed by atoms with van der Waals surface area (Å²) in [6.07, 6.45) is 0. The molecule has 3 amide bonds. The number of hydrogen-bond acceptors (Lipinski definition) is 5. The molecule has 2 aromatic carbocycles. The van der Waals surface area contributed by atoms with E-state index in [1.165, 1.54) is 16.9 Å². The molecular weight excluding hydrogens is 412 g/mol. The van der Waals surface area contributed by atoms with Gasteiger partial charge in [-0.3, -0.25) is 4.79 Å². The van der Waals surface area contributed by atoms with Crippen molar-refractivity contribution < 1.29 is 14.3 Å². The quantitative estimate of drug-likeness (QED) is 0.482. The van der Waals surface area contributed by atoms with Crippen molar-refractivity contribution >= 4 is 29.0 Å². The van der Waals surface area contributed by atoms with Crippen LogP contribution in [0.5, 0.6) is 5.75 Å². The summed E-state index contributed by atoms with van der Waals surface area (Å²) in [6.45, 7) is 4.82. The van der Waals surface area contributed by atoms with E-state index < -0.39 is 0 Å². The lowest BCUT2D eigenvalue weighted by molar-refractivity contribution is 0.0946. The first-order chi connectivity index (χ1) is 15.0. The van der Waals surface area contributed by atoms with Gasteiger partial charge in [-0.05, 0) is 29.7 Å². The fraction of sp³-hybridized carbons (Fsp3) is 0.261. The molecule has 0 aliphatic heterocycles. The van der Waals surface area contributed by atoms with Crippen molar-refractivity contribution in [1.82, 2.24) is 15.6 Å². The molecule has 162 valence electrons. The number of anilines is 1. The lowest BCUT2D eigenvalue weighted by Gasteiger charge is -2.09. The molecule has 0 unspecified atom stereocenters. The van der Waals surface area contributed by atoms with Gasteiger partial charge in [-0.2, -0.15) is 0 Å². The summed E-state index contributed by atoms with van der Waals surface area (Å²) >= 11 is 1.32. The van der Waals surface area contributed by atoms with Gasteiger partial charge in [0.05, 0.1) is 13.7 Å². The highest BCUT2D eigenvalue weighted by atomic mass is 32.1. The van der Waals surface area contributed by atoms with Gasteiger partial charge in [0, 0.05) is 23.2 Å². The van der Waals surface area contributed by atoms with Gasteiger partial charge in [-0.15, -0.1) is 11.3 Å². The predicted molar refractivity (Wildman–Crippen MR) is 123 cm³/mol. The van der Waals surface area contributed by atoms with Crippen LogP contribution in [-0.2, 0) is 13.1 Å². The first-order valence-electron chi connectivity index (χ1n) is 9.95. The van der Waals surface area contributed by atoms with E-state index in [-0.39, 0.29) is 18.5 Å². The van der Waals surface area contributed by atoms with Gasteiger partial charge < -0.3 is 20.7 Å². The summed E-state index contributed by atoms with van der Waals surface area (Å²) < 4.78 is 5.29. The van der Waals surface area contributed by atoms with Crippen LogP contribution in [0.15, 0.2) is 53.9 Å². The Kier molecular flexibility index (Phi) is 7.61. The molecule has 0 bridgehead atoms. The molecule has 3 aromatic rings. The number of para-hydroxylation sites is 1. The minimum Gasteiger partial charge on any atom is -0.496 e. The zero-order valence-corrected chi connectivity index (χ0v) is 18.6. The molecule has 0 atom stereocenters. The minimum absolute atomic E-state index is 0.236. The maximum atomic E-state index is 12.4. The molecule has 0 saturated carbocycles. The number of carbonyl (C=O) groups is 2. The fourth-order valence-electron chi connectivity index (χ4n) is 2.89. The number of hydrogen-bond donors (Lipinski definition) is 3. The zero-order valence-electron chi connectivity index (χ0n) is 17.8. The third kappa shape index (κ3) is 6.29. The zero-order chi connectivity index (χ0) is 22.2. The number of thiazole rings is 1. The van der Waals surface area contributed by atoms with Crippen molar-refractivity contribution in [3.05, 3.63) is 75.7 Å². The molecule has 0 saturated heterocycles. The Bertz CT molecular complexity index is 1030. The van der Waals surface area contributed by atoms with Gasteiger partial charge in [-0.25, -0.2) is 9.78 Å². The Hall–Kier alpha value is -3.39. The standard InChI is InChI=1S/C23H26N4O3S/c1-15(2)16-8-10-18(11-9-16)26-23(29)25-13-21-27-19(14-31-21)22(28)24-12-17-6-4-5-7-20(17)30-3/h4-11,14-15H,12-13H2,1-3H3,(H,24,28)(H2,25,26,29). The van der Waals surface area contributed by atoms with E-state index >= 15 is 0 Å². The van der Waals surface area contributed by atoms with E-state index in [0.29, 0.717) is 23.2 Å². The topological polar surface area (TPSA) is 92.4 Å². The molecule has 8 heteroatoms. The fourth-order valence-corrected chi connectivity index (χ4v) is 3.61. The molecule has 0 aliphatic rings. The maximum absolute atomic E-state index is 12.4. The van der Waals surface area contributed by atoms with Crippen molar-refractivity contribution in [3.63, 3.8) is 0 Å². The predicted octanol–water partition coefficient (Wildman–Crippen LogP) is 4.53. The van der Waals surface area contributed by atoms with Crippen LogP contribution in [0.4, 0.5) is 10.5 Å². The molecule has 3 rings (SSSR count). The molecule has 1 heterocycles. The average molecular weight is 439 g/mol. The second kappa shape index (κ2) is 10.6. The number of ether oxygens (including phenoxy) is 1. The number of carbonyl (C=O) groups excluding carboxylic acids is 2. The number of methoxy groups -OCH3 is 1. The molecule has 31 heavy (non-hydrogen) atoms. The summed E-state index contributed by atoms with van der Waals surface area (Å²) in [4.78, 5) is 28.8. The number of aromatic nitrogens is 1. The van der Waals surface area contributed by atoms with Crippen molar-refractivity contribution in [2.75, 3.05) is 12.4 Å². The molecular formula is C23H26N4O3S. The second-order valence-corrected chi connectivity index (χ2v) is 8.15. The molecule has 0 spiro atoms. The van der Waals surface area contributed by atoms with Crippen LogP contribution < -0.4 is 20.7 Å². The number of benzene rings is 2. The van der Waals surface area contributed by atoms with Gasteiger partial charge in [0.1, 0.15) is 16.5 Å². The first kappa shape index (κ1) is 22.3. The van der Waals surface area contributed by atoms with Crippen LogP contribution in [0.3, 0.4) is 0 Å². The monoisotopic (exact) mass is 438 g/mol. The van der Waals surface area contributed by atoms with Crippen molar-refractivity contribution in [1.29, 1.82) is 0 Å². The van der Waals surface area contributed by atoms with Crippen LogP contribution in [-0.4, -0.2) is 24.0 Å². The third-order valence-corrected chi connectivity index (χ3v) is 5.50. The van der Waals surface area contributed by atoms with E-state index in [2.05, 4.69) is 34.8 Å². The lowest BCUT2D eigenvalue weighted by atomic mass is 10.0. The van der Waals surface area contributed by atoms with Crippen molar-refractivity contribution in [3.8, 4) is 5.75 Å². The highest BCUT2D eigenvalue weighted by molar-refractivity contribution is 7.09. The van der Waals surface area contributed by atoms with Gasteiger partial charge >= 0.3 is 6.03 Å². The summed E-state index contributed by atoms with van der Waals surface area (Å²) in [6, 6.07) is 14.9. The van der Waals surface area contributed by atoms with Crippen LogP contribution in [0.25, 0.3) is 0 Å². The molecule has 1 aromatic heterocycles. The van der Waals surface area contributed by atoms with Crippen LogP contribution in [0.1, 0.15) is 46.4 Å². The van der Waals surface area contributed by atoms with Crippen molar-refractivity contribution in [2.45, 2.75) is 32.9 Å². The maximum Gasteiger partial charge on any atom is 0.319 e. The molecule has 0 fully saturated rings. The molecule has 3 N–H and O–H groups in total. The Morgan fingerprint density at radius 3 is 2.48 bits per heavy atom. The Morgan fingerprint density at radius 1 is 1.03 bits per heavy atom. The van der Waals surface area contributed by atoms with Gasteiger partial charge in [0.25, 0.3) is 5.91 Å². The normalized spacial score (nSPS) is 10.6. The SMILES string of the molecule is COc1ccccc1CNC(=O)c1csc(CNC(=O)Nc2ccc(C(C)C)cc2)n1. The van der Waals surface area contributed by atoms with E-state index in [1.54, 1.807) is 12.5 Å². The summed E-state index contributed by atoms with van der Waals surface area (Å²) in [7, 11) is 1.59. The number of rotatable bonds is 8. The highest BCUT2D eigenvalue weighted by Crippen LogP contribution is 2.18. The van der Waals surface area contributed by atoms with Crippen LogP contribution >= 0.6 is 11.3 Å². The second-order valence-electron chi connectivity index (χ2n) is 7.21. The first-order valence-corrected chi connectivity index (χ1v) is 10.8. The van der Waals surface area contributed by atoms with Gasteiger partial charge in [-0.1, -0.05) is 44.2 Å². The summed E-state index contributed by atoms with van der Waals surface area (Å²) in [5.74, 6) is 0.882. The van der Waals surface area contributed by atoms with E-state index in [1.807, 2.05) is 48.5 Å². The van der Waals surface area contributed by atoms with Gasteiger partial charge in [0.15, 0.2) is 0 Å². The number of amides is 3. The van der Waals surface area contributed by atoms with E-state index in [0.717, 1.165) is 17.0 Å². The molecule has 0 aliphatic carbocycles. The lowest BCUT2D eigenvalue weighted by Crippen LogP contribution is -2.28. The Morgan fingerprint density at radius 2 is 1.77 bits per heavy atom. The highest BCUT2D eigenvalue weighted by Gasteiger charge is 2.12. The van der Waals surface area contributed by atoms with Crippen LogP contribution in [0.2, 0.25) is 0 Å². The van der Waals surface area contributed by atoms with Crippen LogP contribution in [0, 0.1) is 0 Å². The number of nitrogens with zero attached hydrogens (tertiary/aromatic N) is 1. The molecule has 7 nitrogen and oxygen atoms in total.